The number of hydrogen-bond acceptors (Lipinski definition) is 6. The van der Waals surface area contributed by atoms with E-state index in [0.29, 0.717) is 18.0 Å². The van der Waals surface area contributed by atoms with Gasteiger partial charge in [-0.05, 0) is 43.3 Å². The first-order valence-corrected chi connectivity index (χ1v) is 9.96. The molecule has 1 amide bonds. The van der Waals surface area contributed by atoms with Gasteiger partial charge in [-0.1, -0.05) is 0 Å². The van der Waals surface area contributed by atoms with Gasteiger partial charge >= 0.3 is 6.61 Å². The lowest BCUT2D eigenvalue weighted by molar-refractivity contribution is -0.115. The summed E-state index contributed by atoms with van der Waals surface area (Å²) in [7, 11) is 1.34. The third kappa shape index (κ3) is 5.66. The lowest BCUT2D eigenvalue weighted by Crippen LogP contribution is -2.15. The summed E-state index contributed by atoms with van der Waals surface area (Å²) in [5.41, 5.74) is 1.86. The van der Waals surface area contributed by atoms with Crippen LogP contribution in [0.4, 0.5) is 14.5 Å². The highest BCUT2D eigenvalue weighted by molar-refractivity contribution is 7.13. The lowest BCUT2D eigenvalue weighted by Gasteiger charge is -2.12. The van der Waals surface area contributed by atoms with Crippen LogP contribution in [0.2, 0.25) is 0 Å². The predicted molar refractivity (Wildman–Crippen MR) is 111 cm³/mol. The van der Waals surface area contributed by atoms with Gasteiger partial charge in [-0.2, -0.15) is 8.78 Å². The smallest absolute Gasteiger partial charge is 0.387 e. The molecule has 6 nitrogen and oxygen atoms in total. The number of halogens is 2. The molecule has 1 aromatic heterocycles. The molecule has 0 spiro atoms. The van der Waals surface area contributed by atoms with Gasteiger partial charge in [-0.3, -0.25) is 4.79 Å². The molecule has 0 saturated heterocycles. The number of aromatic nitrogens is 1. The van der Waals surface area contributed by atoms with E-state index >= 15 is 0 Å². The molecule has 0 unspecified atom stereocenters. The largest absolute Gasteiger partial charge is 0.494 e. The van der Waals surface area contributed by atoms with Gasteiger partial charge in [-0.15, -0.1) is 11.3 Å². The Morgan fingerprint density at radius 3 is 2.60 bits per heavy atom. The van der Waals surface area contributed by atoms with E-state index < -0.39 is 6.61 Å². The van der Waals surface area contributed by atoms with Gasteiger partial charge < -0.3 is 19.5 Å². The number of alkyl halides is 2. The first-order chi connectivity index (χ1) is 14.5. The quantitative estimate of drug-likeness (QED) is 0.513. The molecular formula is C21H20F2N2O4S. The zero-order valence-corrected chi connectivity index (χ0v) is 17.2. The fourth-order valence-electron chi connectivity index (χ4n) is 2.69. The lowest BCUT2D eigenvalue weighted by atomic mass is 10.2. The van der Waals surface area contributed by atoms with Crippen molar-refractivity contribution in [3.8, 4) is 27.8 Å². The monoisotopic (exact) mass is 434 g/mol. The number of ether oxygens (including phenoxy) is 3. The van der Waals surface area contributed by atoms with Crippen LogP contribution in [-0.4, -0.2) is 31.2 Å². The van der Waals surface area contributed by atoms with Gasteiger partial charge in [0.25, 0.3) is 0 Å². The molecule has 0 atom stereocenters. The normalized spacial score (nSPS) is 10.7. The molecule has 3 rings (SSSR count). The second-order valence-corrected chi connectivity index (χ2v) is 6.93. The zero-order valence-electron chi connectivity index (χ0n) is 16.4. The summed E-state index contributed by atoms with van der Waals surface area (Å²) in [5.74, 6) is 0.448. The molecule has 0 aliphatic carbocycles. The van der Waals surface area contributed by atoms with Crippen LogP contribution in [0.1, 0.15) is 12.6 Å². The van der Waals surface area contributed by atoms with E-state index in [0.717, 1.165) is 16.3 Å². The second-order valence-electron chi connectivity index (χ2n) is 6.07. The standard InChI is InChI=1S/C21H20F2N2O4S/c1-3-28-16-7-4-13(5-8-16)20-25-15(12-30-20)11-19(26)24-14-6-9-17(27-2)18(10-14)29-21(22)23/h4-10,12,21H,3,11H2,1-2H3,(H,24,26). The molecule has 3 aromatic rings. The van der Waals surface area contributed by atoms with E-state index in [1.807, 2.05) is 36.6 Å². The second kappa shape index (κ2) is 10.0. The Balaban J connectivity index is 1.64. The zero-order chi connectivity index (χ0) is 21.5. The van der Waals surface area contributed by atoms with Gasteiger partial charge in [0, 0.05) is 22.7 Å². The average Bonchev–Trinajstić information content (AvgIpc) is 3.17. The predicted octanol–water partition coefficient (Wildman–Crippen LogP) is 5.00. The minimum absolute atomic E-state index is 0.0462. The molecule has 0 bridgehead atoms. The van der Waals surface area contributed by atoms with E-state index in [1.165, 1.54) is 30.6 Å². The fraction of sp³-hybridized carbons (Fsp3) is 0.238. The number of carbonyl (C=O) groups excluding carboxylic acids is 1. The van der Waals surface area contributed by atoms with Gasteiger partial charge in [0.05, 0.1) is 25.8 Å². The van der Waals surface area contributed by atoms with Crippen LogP contribution in [0, 0.1) is 0 Å². The van der Waals surface area contributed by atoms with E-state index in [-0.39, 0.29) is 23.8 Å². The van der Waals surface area contributed by atoms with Crippen LogP contribution in [0.3, 0.4) is 0 Å². The number of rotatable bonds is 9. The van der Waals surface area contributed by atoms with Crippen molar-refractivity contribution in [2.24, 2.45) is 0 Å². The summed E-state index contributed by atoms with van der Waals surface area (Å²) < 4.78 is 39.9. The number of benzene rings is 2. The van der Waals surface area contributed by atoms with Crippen molar-refractivity contribution in [1.29, 1.82) is 0 Å². The van der Waals surface area contributed by atoms with Crippen LogP contribution in [0.15, 0.2) is 47.8 Å². The number of thiazole rings is 1. The summed E-state index contributed by atoms with van der Waals surface area (Å²) >= 11 is 1.43. The molecule has 0 aliphatic rings. The van der Waals surface area contributed by atoms with Crippen LogP contribution >= 0.6 is 11.3 Å². The SMILES string of the molecule is CCOc1ccc(-c2nc(CC(=O)Nc3ccc(OC)c(OC(F)F)c3)cs2)cc1. The van der Waals surface area contributed by atoms with E-state index in [2.05, 4.69) is 15.0 Å². The van der Waals surface area contributed by atoms with Crippen molar-refractivity contribution in [3.63, 3.8) is 0 Å². The van der Waals surface area contributed by atoms with Gasteiger partial charge in [0.15, 0.2) is 11.5 Å². The highest BCUT2D eigenvalue weighted by Gasteiger charge is 2.14. The molecule has 0 fully saturated rings. The highest BCUT2D eigenvalue weighted by atomic mass is 32.1. The minimum Gasteiger partial charge on any atom is -0.494 e. The summed E-state index contributed by atoms with van der Waals surface area (Å²) in [6.45, 7) is -0.481. The first-order valence-electron chi connectivity index (χ1n) is 9.08. The number of nitrogens with one attached hydrogen (secondary N) is 1. The Bertz CT molecular complexity index is 993. The third-order valence-corrected chi connectivity index (χ3v) is 4.91. The molecule has 158 valence electrons. The molecule has 1 N–H and O–H groups in total. The van der Waals surface area contributed by atoms with Gasteiger partial charge in [0.2, 0.25) is 5.91 Å². The topological polar surface area (TPSA) is 69.7 Å². The molecule has 30 heavy (non-hydrogen) atoms. The Labute approximate surface area is 176 Å². The maximum atomic E-state index is 12.5. The molecule has 9 heteroatoms. The van der Waals surface area contributed by atoms with Crippen LogP contribution in [0.25, 0.3) is 10.6 Å². The summed E-state index contributed by atoms with van der Waals surface area (Å²) in [4.78, 5) is 16.8. The van der Waals surface area contributed by atoms with Crippen molar-refractivity contribution >= 4 is 22.9 Å². The Kier molecular flexibility index (Phi) is 7.18. The molecule has 2 aromatic carbocycles. The van der Waals surface area contributed by atoms with Crippen molar-refractivity contribution in [3.05, 3.63) is 53.5 Å². The fourth-order valence-corrected chi connectivity index (χ4v) is 3.52. The molecule has 0 aliphatic heterocycles. The third-order valence-electron chi connectivity index (χ3n) is 3.97. The number of nitrogens with zero attached hydrogens (tertiary/aromatic N) is 1. The van der Waals surface area contributed by atoms with Crippen LogP contribution in [-0.2, 0) is 11.2 Å². The number of hydrogen-bond donors (Lipinski definition) is 1. The van der Waals surface area contributed by atoms with Crippen molar-refractivity contribution in [2.45, 2.75) is 20.0 Å². The molecule has 0 radical (unpaired) electrons. The Morgan fingerprint density at radius 1 is 1.17 bits per heavy atom. The summed E-state index contributed by atoms with van der Waals surface area (Å²) in [5, 5.41) is 5.25. The van der Waals surface area contributed by atoms with E-state index in [4.69, 9.17) is 9.47 Å². The number of anilines is 1. The maximum Gasteiger partial charge on any atom is 0.387 e. The van der Waals surface area contributed by atoms with E-state index in [1.54, 1.807) is 6.07 Å². The molecule has 0 saturated carbocycles. The van der Waals surface area contributed by atoms with Gasteiger partial charge in [0.1, 0.15) is 10.8 Å². The Morgan fingerprint density at radius 2 is 1.93 bits per heavy atom. The van der Waals surface area contributed by atoms with Crippen molar-refractivity contribution < 1.29 is 27.8 Å². The number of carbonyl (C=O) groups is 1. The van der Waals surface area contributed by atoms with Crippen LogP contribution < -0.4 is 19.5 Å². The maximum absolute atomic E-state index is 12.5. The molecule has 1 heterocycles. The van der Waals surface area contributed by atoms with Crippen molar-refractivity contribution in [1.82, 2.24) is 4.98 Å². The first kappa shape index (κ1) is 21.5. The van der Waals surface area contributed by atoms with Crippen molar-refractivity contribution in [2.75, 3.05) is 19.0 Å². The number of amides is 1. The molecular weight excluding hydrogens is 414 g/mol. The summed E-state index contributed by atoms with van der Waals surface area (Å²) in [6.07, 6.45) is 0.0462. The van der Waals surface area contributed by atoms with Gasteiger partial charge in [-0.25, -0.2) is 4.98 Å². The summed E-state index contributed by atoms with van der Waals surface area (Å²) in [6, 6.07) is 11.8. The number of methoxy groups -OCH3 is 1. The average molecular weight is 434 g/mol. The Hall–Kier alpha value is -3.20. The van der Waals surface area contributed by atoms with Crippen LogP contribution in [0.5, 0.6) is 17.2 Å². The minimum atomic E-state index is -3.00. The highest BCUT2D eigenvalue weighted by Crippen LogP contribution is 2.31. The van der Waals surface area contributed by atoms with E-state index in [9.17, 15) is 13.6 Å².